The van der Waals surface area contributed by atoms with Gasteiger partial charge in [0, 0.05) is 29.4 Å². The number of halogens is 2. The van der Waals surface area contributed by atoms with Gasteiger partial charge in [0.15, 0.2) is 29.9 Å². The Morgan fingerprint density at radius 1 is 0.765 bits per heavy atom. The molecule has 9 aliphatic rings. The lowest BCUT2D eigenvalue weighted by Crippen LogP contribution is -2.64. The minimum Gasteiger partial charge on any atom is -0.512 e. The maximum Gasteiger partial charge on any atom is 0.330 e. The van der Waals surface area contributed by atoms with Crippen LogP contribution in [0.25, 0.3) is 0 Å². The van der Waals surface area contributed by atoms with Crippen molar-refractivity contribution >= 4 is 70.5 Å². The molecule has 21 N–H and O–H groups in total. The van der Waals surface area contributed by atoms with E-state index in [1.807, 2.05) is 13.8 Å². The molecule has 0 spiro atoms. The molecule has 3 fully saturated rings. The molecule has 7 heterocycles. The van der Waals surface area contributed by atoms with Crippen LogP contribution in [0.2, 0.25) is 10.0 Å². The molecule has 7 aliphatic heterocycles. The summed E-state index contributed by atoms with van der Waals surface area (Å²) in [5.41, 5.74) is 9.07. The summed E-state index contributed by atoms with van der Waals surface area (Å²) in [5, 5.41) is 132. The van der Waals surface area contributed by atoms with Gasteiger partial charge in [0.1, 0.15) is 83.7 Å². The largest absolute Gasteiger partial charge is 0.512 e. The number of benzene rings is 3. The summed E-state index contributed by atoms with van der Waals surface area (Å²) in [4.78, 5) is 117. The van der Waals surface area contributed by atoms with Crippen LogP contribution in [0.1, 0.15) is 95.2 Å². The van der Waals surface area contributed by atoms with Crippen molar-refractivity contribution in [2.75, 3.05) is 13.7 Å². The molecule has 552 valence electrons. The zero-order valence-corrected chi connectivity index (χ0v) is 57.1. The Morgan fingerprint density at radius 3 is 1.96 bits per heavy atom. The van der Waals surface area contributed by atoms with Crippen LogP contribution in [0, 0.1) is 17.8 Å². The highest BCUT2D eigenvalue weighted by atomic mass is 35.5. The van der Waals surface area contributed by atoms with Gasteiger partial charge in [-0.3, -0.25) is 33.6 Å². The summed E-state index contributed by atoms with van der Waals surface area (Å²) in [7, 11) is 1.48. The summed E-state index contributed by atoms with van der Waals surface area (Å²) in [6.45, 7) is 7.06. The van der Waals surface area contributed by atoms with Gasteiger partial charge in [-0.15, -0.1) is 0 Å². The topological polar surface area (TPSA) is 530 Å². The van der Waals surface area contributed by atoms with E-state index >= 15 is 14.4 Å². The number of aliphatic hydroxyl groups excluding tert-OH is 9. The van der Waals surface area contributed by atoms with Crippen LogP contribution < -0.4 is 62.9 Å². The highest BCUT2D eigenvalue weighted by Gasteiger charge is 2.52. The molecule has 0 aromatic heterocycles. The number of rotatable bonds is 13. The number of amides is 7. The number of aliphatic hydroxyl groups is 9. The van der Waals surface area contributed by atoms with Gasteiger partial charge in [-0.1, -0.05) is 62.2 Å². The van der Waals surface area contributed by atoms with Gasteiger partial charge in [-0.05, 0) is 116 Å². The van der Waals surface area contributed by atoms with Crippen LogP contribution in [0.5, 0.6) is 28.7 Å². The molecule has 33 nitrogen and oxygen atoms in total. The maximum absolute atomic E-state index is 16.1. The third kappa shape index (κ3) is 15.8. The molecule has 102 heavy (non-hydrogen) atoms. The molecular weight excluding hydrogens is 1390 g/mol. The van der Waals surface area contributed by atoms with Crippen LogP contribution in [-0.4, -0.2) is 209 Å². The number of carbonyl (C=O) groups is 8. The molecule has 0 radical (unpaired) electrons. The lowest BCUT2D eigenvalue weighted by Gasteiger charge is -2.47. The van der Waals surface area contributed by atoms with Gasteiger partial charge in [0.05, 0.1) is 47.4 Å². The lowest BCUT2D eigenvalue weighted by molar-refractivity contribution is -0.333. The van der Waals surface area contributed by atoms with Crippen LogP contribution in [0.4, 0.5) is 0 Å². The van der Waals surface area contributed by atoms with E-state index in [4.69, 9.17) is 63.1 Å². The van der Waals surface area contributed by atoms with Gasteiger partial charge in [-0.25, -0.2) is 4.79 Å². The molecule has 4 unspecified atom stereocenters. The Labute approximate surface area is 592 Å². The first-order valence-corrected chi connectivity index (χ1v) is 33.3. The normalized spacial score (nSPS) is 33.2. The lowest BCUT2D eigenvalue weighted by atomic mass is 9.73. The highest BCUT2D eigenvalue weighted by Crippen LogP contribution is 2.49. The summed E-state index contributed by atoms with van der Waals surface area (Å²) in [6.07, 6.45) is -17.4. The predicted molar refractivity (Wildman–Crippen MR) is 354 cm³/mol. The number of hydrogen-bond donors (Lipinski definition) is 19. The minimum atomic E-state index is -2.32. The number of aliphatic carboxylic acids is 1. The van der Waals surface area contributed by atoms with Crippen LogP contribution >= 0.6 is 23.2 Å². The molecule has 0 saturated carbocycles. The van der Waals surface area contributed by atoms with Crippen molar-refractivity contribution in [3.63, 3.8) is 0 Å². The van der Waals surface area contributed by atoms with E-state index in [1.165, 1.54) is 46.0 Å². The van der Waals surface area contributed by atoms with Crippen molar-refractivity contribution < 1.29 is 118 Å². The second-order valence-corrected chi connectivity index (χ2v) is 27.6. The number of primary amides is 1. The molecule has 3 saturated heterocycles. The van der Waals surface area contributed by atoms with E-state index in [9.17, 15) is 75.0 Å². The molecule has 12 rings (SSSR count). The highest BCUT2D eigenvalue weighted by molar-refractivity contribution is 6.32. The molecule has 3 aromatic carbocycles. The molecule has 35 heteroatoms. The number of carboxylic acids is 1. The molecule has 11 bridgehead atoms. The zero-order valence-electron chi connectivity index (χ0n) is 55.6. The molecule has 2 aliphatic carbocycles. The first-order chi connectivity index (χ1) is 48.1. The second-order valence-electron chi connectivity index (χ2n) is 26.8. The quantitative estimate of drug-likeness (QED) is 0.102. The van der Waals surface area contributed by atoms with Crippen molar-refractivity contribution in [3.8, 4) is 28.7 Å². The Bertz CT molecular complexity index is 3950. The molecule has 21 atom stereocenters. The number of hydrogen-bond acceptors (Lipinski definition) is 25. The maximum atomic E-state index is 16.1. The summed E-state index contributed by atoms with van der Waals surface area (Å²) < 4.78 is 38.4. The SMILES string of the molecule is CN[C@H](CC(C)C)C(=O)N[C@H]1C(=O)NC(CC(N)=O)C(=O)N[C@H]2C(=O)N[C@H]3C(=O)N[C@H](C(=O)N[C@H](C(=O)O)C4=CC(O)C(C)C(O)=C4C4CC3=CC=C4O)[C@H](O)c3ccc(c(Cl)c3)Oc3cc2cc(c3O[C@@H]2O[C@H](CO)[C@@H](O)[C@H](O)[C@H]2O[C@H]2C[C@](C)(N)[C@H](O)[C@H](C)O2)Oc2ccc(cc2Cl)[C@H]1O. The Balaban J connectivity index is 1.23. The number of nitrogens with one attached hydrogen (secondary N) is 7. The van der Waals surface area contributed by atoms with E-state index in [2.05, 4.69) is 37.2 Å². The third-order valence-electron chi connectivity index (χ3n) is 18.9. The monoisotopic (exact) mass is 1470 g/mol. The standard InChI is InChI=1S/C67H81Cl2N9O24/c1-23(2)13-34(72-6)59(89)77-49-52(84)27-8-11-38(32(68)15-27)98-40-17-29-18-41(56(40)102-66-57(55(87)54(86)42(22-79)100-66)101-44-21-67(5,71)58(88)25(4)97-44)99-39-12-9-28(16-33(39)69)53(85)50-64(94)76-48(65(95)96)31-19-37(81)24(3)51(83)45(31)30-14-26(7-10-36(30)80)46(61(91)78-50)75-62(92)47(29)74-60(90)35(20-43(70)82)73-63(49)93/h7-12,15-19,23-25,30,34-35,37,42,44,46-50,52-55,57-58,66,72,79-81,83-88H,13-14,20-22,71H2,1-6H3,(H2,70,82)(H,73,93)(H,74,90)(H,75,92)(H,76,94)(H,77,89)(H,78,91)(H,95,96)/t24?,25-,30?,34+,35?,37?,42+,44-,46+,47+,48-,49+,50-,52+,53+,54+,55-,57+,58+,66-,67-/m0/s1. The number of nitrogens with two attached hydrogens (primary N) is 2. The summed E-state index contributed by atoms with van der Waals surface area (Å²) in [6, 6.07) is -5.01. The fraction of sp³-hybridized carbons (Fsp3) is 0.493. The van der Waals surface area contributed by atoms with E-state index in [1.54, 1.807) is 0 Å². The van der Waals surface area contributed by atoms with E-state index in [0.29, 0.717) is 0 Å². The smallest absolute Gasteiger partial charge is 0.330 e. The fourth-order valence-electron chi connectivity index (χ4n) is 13.2. The van der Waals surface area contributed by atoms with Crippen molar-refractivity contribution in [2.24, 2.45) is 29.2 Å². The van der Waals surface area contributed by atoms with Gasteiger partial charge in [-0.2, -0.15) is 0 Å². The Morgan fingerprint density at radius 2 is 1.38 bits per heavy atom. The van der Waals surface area contributed by atoms with Crippen LogP contribution in [0.3, 0.4) is 0 Å². The number of carboxylic acid groups (broad SMARTS) is 1. The van der Waals surface area contributed by atoms with E-state index < -0.39 is 239 Å². The van der Waals surface area contributed by atoms with Crippen molar-refractivity contribution in [2.45, 2.75) is 176 Å². The molecule has 7 amide bonds. The van der Waals surface area contributed by atoms with Crippen LogP contribution in [-0.2, 0) is 52.6 Å². The second kappa shape index (κ2) is 30.8. The van der Waals surface area contributed by atoms with Crippen molar-refractivity contribution in [1.29, 1.82) is 0 Å². The van der Waals surface area contributed by atoms with Gasteiger partial charge in [0.25, 0.3) is 0 Å². The first kappa shape index (κ1) is 76.1. The van der Waals surface area contributed by atoms with Crippen LogP contribution in [0.15, 0.2) is 95.0 Å². The van der Waals surface area contributed by atoms with Crippen molar-refractivity contribution in [3.05, 3.63) is 122 Å². The minimum absolute atomic E-state index is 0.0939. The Hall–Kier alpha value is -8.52. The molecule has 3 aromatic rings. The number of allylic oxidation sites excluding steroid dienone is 3. The average molecular weight is 1470 g/mol. The Kier molecular flexibility index (Phi) is 23.0. The molecular formula is C67H81Cl2N9O24. The van der Waals surface area contributed by atoms with Gasteiger partial charge in [0.2, 0.25) is 53.4 Å². The number of ether oxygens (including phenoxy) is 6. The summed E-state index contributed by atoms with van der Waals surface area (Å²) >= 11 is 14.1. The van der Waals surface area contributed by atoms with Crippen molar-refractivity contribution in [1.82, 2.24) is 37.2 Å². The first-order valence-electron chi connectivity index (χ1n) is 32.6. The summed E-state index contributed by atoms with van der Waals surface area (Å²) in [5.74, 6) is -17.3. The third-order valence-corrected chi connectivity index (χ3v) is 19.5. The predicted octanol–water partition coefficient (Wildman–Crippen LogP) is -0.586. The average Bonchev–Trinajstić information content (AvgIpc) is 0.762. The zero-order chi connectivity index (χ0) is 74.4. The van der Waals surface area contributed by atoms with E-state index in [0.717, 1.165) is 48.6 Å². The van der Waals surface area contributed by atoms with Gasteiger partial charge >= 0.3 is 5.97 Å². The van der Waals surface area contributed by atoms with Gasteiger partial charge < -0.3 is 128 Å². The fourth-order valence-corrected chi connectivity index (χ4v) is 13.7. The number of likely N-dealkylation sites (N-methyl/N-ethyl adjacent to an activating group) is 1. The van der Waals surface area contributed by atoms with E-state index in [-0.39, 0.29) is 57.6 Å². The number of fused-ring (bicyclic) bond motifs is 15. The number of carbonyl (C=O) groups excluding carboxylic acids is 7.